The van der Waals surface area contributed by atoms with E-state index >= 15 is 0 Å². The van der Waals surface area contributed by atoms with E-state index in [0.717, 1.165) is 17.7 Å². The average molecular weight is 273 g/mol. The number of benzene rings is 1. The first-order valence-electron chi connectivity index (χ1n) is 6.59. The number of rotatable bonds is 4. The Balaban J connectivity index is 2.96. The lowest BCUT2D eigenvalue weighted by molar-refractivity contribution is 0.488. The van der Waals surface area contributed by atoms with Crippen molar-refractivity contribution in [1.29, 1.82) is 5.26 Å². The molecule has 0 unspecified atom stereocenters. The molecule has 102 valence electrons. The molecule has 0 aliphatic carbocycles. The van der Waals surface area contributed by atoms with Crippen molar-refractivity contribution in [3.05, 3.63) is 42.0 Å². The summed E-state index contributed by atoms with van der Waals surface area (Å²) in [5.41, 5.74) is 1.14. The third kappa shape index (κ3) is 4.25. The smallest absolute Gasteiger partial charge is 0.250 e. The Kier molecular flexibility index (Phi) is 4.96. The predicted octanol–water partition coefficient (Wildman–Crippen LogP) is 4.69. The van der Waals surface area contributed by atoms with Crippen LogP contribution in [0, 0.1) is 11.3 Å². The minimum absolute atomic E-state index is 0.183. The van der Waals surface area contributed by atoms with Crippen molar-refractivity contribution >= 4 is 8.32 Å². The largest absolute Gasteiger partial charge is 0.543 e. The molecule has 19 heavy (non-hydrogen) atoms. The molecule has 1 rings (SSSR count). The Hall–Kier alpha value is -1.53. The Morgan fingerprint density at radius 1 is 1.26 bits per heavy atom. The second-order valence-corrected chi connectivity index (χ2v) is 10.9. The molecule has 0 spiro atoms. The first-order chi connectivity index (χ1) is 8.78. The van der Waals surface area contributed by atoms with Crippen molar-refractivity contribution in [3.63, 3.8) is 0 Å². The summed E-state index contributed by atoms with van der Waals surface area (Å²) < 4.78 is 6.35. The van der Waals surface area contributed by atoms with E-state index in [2.05, 4.69) is 39.9 Å². The molecule has 0 radical (unpaired) electrons. The van der Waals surface area contributed by atoms with E-state index in [4.69, 9.17) is 9.69 Å². The summed E-state index contributed by atoms with van der Waals surface area (Å²) in [7, 11) is -1.81. The minimum atomic E-state index is -1.81. The van der Waals surface area contributed by atoms with E-state index in [1.54, 1.807) is 0 Å². The molecule has 2 nitrogen and oxygen atoms in total. The van der Waals surface area contributed by atoms with Crippen LogP contribution in [0.4, 0.5) is 0 Å². The van der Waals surface area contributed by atoms with Crippen LogP contribution in [-0.4, -0.2) is 8.32 Å². The highest BCUT2D eigenvalue weighted by Gasteiger charge is 2.39. The monoisotopic (exact) mass is 273 g/mol. The van der Waals surface area contributed by atoms with Crippen LogP contribution in [0.15, 0.2) is 36.4 Å². The topological polar surface area (TPSA) is 33.0 Å². The van der Waals surface area contributed by atoms with Crippen LogP contribution < -0.4 is 4.43 Å². The highest BCUT2D eigenvalue weighted by Crippen LogP contribution is 2.38. The van der Waals surface area contributed by atoms with Gasteiger partial charge in [-0.05, 0) is 36.2 Å². The summed E-state index contributed by atoms with van der Waals surface area (Å²) in [6.45, 7) is 11.2. The van der Waals surface area contributed by atoms with Gasteiger partial charge in [0.25, 0.3) is 0 Å². The minimum Gasteiger partial charge on any atom is -0.543 e. The van der Waals surface area contributed by atoms with Crippen LogP contribution in [0.2, 0.25) is 18.1 Å². The molecule has 1 aromatic rings. The fraction of sp³-hybridized carbons (Fsp3) is 0.438. The summed E-state index contributed by atoms with van der Waals surface area (Å²) in [5.74, 6) is 0.955. The number of hydrogen-bond acceptors (Lipinski definition) is 2. The van der Waals surface area contributed by atoms with E-state index in [1.807, 2.05) is 30.3 Å². The molecule has 0 saturated heterocycles. The molecule has 0 fully saturated rings. The van der Waals surface area contributed by atoms with Gasteiger partial charge in [0.15, 0.2) is 0 Å². The molecule has 0 N–H and O–H groups in total. The summed E-state index contributed by atoms with van der Waals surface area (Å²) >= 11 is 0. The zero-order valence-corrected chi connectivity index (χ0v) is 13.5. The molecule has 0 aromatic heterocycles. The average Bonchev–Trinajstić information content (AvgIpc) is 2.30. The Bertz CT molecular complexity index is 492. The van der Waals surface area contributed by atoms with Crippen LogP contribution in [0.1, 0.15) is 26.3 Å². The third-order valence-corrected chi connectivity index (χ3v) is 8.02. The summed E-state index contributed by atoms with van der Waals surface area (Å²) in [5, 5.41) is 8.73. The number of allylic oxidation sites excluding steroid dienone is 2. The van der Waals surface area contributed by atoms with Crippen LogP contribution in [0.3, 0.4) is 0 Å². The molecule has 0 atom stereocenters. The van der Waals surface area contributed by atoms with Gasteiger partial charge in [0.2, 0.25) is 8.32 Å². The van der Waals surface area contributed by atoms with Gasteiger partial charge in [-0.2, -0.15) is 5.26 Å². The summed E-state index contributed by atoms with van der Waals surface area (Å²) in [4.78, 5) is 0. The van der Waals surface area contributed by atoms with Gasteiger partial charge in [-0.15, -0.1) is 0 Å². The fourth-order valence-electron chi connectivity index (χ4n) is 1.44. The van der Waals surface area contributed by atoms with E-state index in [-0.39, 0.29) is 5.04 Å². The van der Waals surface area contributed by atoms with Crippen molar-refractivity contribution in [2.75, 3.05) is 0 Å². The zero-order chi connectivity index (χ0) is 14.5. The van der Waals surface area contributed by atoms with Crippen molar-refractivity contribution < 1.29 is 4.43 Å². The quantitative estimate of drug-likeness (QED) is 0.589. The lowest BCUT2D eigenvalue weighted by Gasteiger charge is -2.37. The van der Waals surface area contributed by atoms with Gasteiger partial charge in [-0.1, -0.05) is 45.0 Å². The molecule has 0 aliphatic heterocycles. The summed E-state index contributed by atoms with van der Waals surface area (Å²) in [6, 6.07) is 10.1. The molecule has 0 amide bonds. The van der Waals surface area contributed by atoms with Crippen molar-refractivity contribution in [3.8, 4) is 11.8 Å². The standard InChI is InChI=1S/C16H23NOSi/c1-16(2,3)19(4,5)18-15-12-7-6-10-14(15)11-8-9-13-17/h6-10,12H,11H2,1-5H3/b9-8+. The molecule has 0 bridgehead atoms. The van der Waals surface area contributed by atoms with Crippen LogP contribution in [0.25, 0.3) is 0 Å². The lowest BCUT2D eigenvalue weighted by atomic mass is 10.1. The molecule has 0 saturated carbocycles. The number of para-hydroxylation sites is 1. The highest BCUT2D eigenvalue weighted by molar-refractivity contribution is 6.74. The van der Waals surface area contributed by atoms with Crippen molar-refractivity contribution in [1.82, 2.24) is 0 Å². The van der Waals surface area contributed by atoms with Gasteiger partial charge in [0, 0.05) is 6.08 Å². The first kappa shape index (κ1) is 15.5. The second kappa shape index (κ2) is 6.07. The van der Waals surface area contributed by atoms with E-state index in [0.29, 0.717) is 0 Å². The normalized spacial score (nSPS) is 12.4. The first-order valence-corrected chi connectivity index (χ1v) is 9.50. The van der Waals surface area contributed by atoms with Gasteiger partial charge in [-0.25, -0.2) is 0 Å². The number of nitriles is 1. The maximum atomic E-state index is 8.55. The SMILES string of the molecule is CC(C)(C)[Si](C)(C)Oc1ccccc1C/C=C/C#N. The lowest BCUT2D eigenvalue weighted by Crippen LogP contribution is -2.44. The maximum Gasteiger partial charge on any atom is 0.250 e. The maximum absolute atomic E-state index is 8.55. The van der Waals surface area contributed by atoms with Gasteiger partial charge in [0.05, 0.1) is 6.07 Å². The molecule has 0 aliphatic rings. The van der Waals surface area contributed by atoms with Crippen LogP contribution in [0.5, 0.6) is 5.75 Å². The third-order valence-electron chi connectivity index (χ3n) is 3.67. The van der Waals surface area contributed by atoms with E-state index < -0.39 is 8.32 Å². The molecular formula is C16H23NOSi. The Morgan fingerprint density at radius 3 is 2.47 bits per heavy atom. The van der Waals surface area contributed by atoms with Crippen LogP contribution >= 0.6 is 0 Å². The summed E-state index contributed by atoms with van der Waals surface area (Å²) in [6.07, 6.45) is 4.12. The molecule has 1 aromatic carbocycles. The number of hydrogen-bond donors (Lipinski definition) is 0. The Morgan fingerprint density at radius 2 is 1.89 bits per heavy atom. The van der Waals surface area contributed by atoms with Crippen molar-refractivity contribution in [2.45, 2.75) is 45.3 Å². The van der Waals surface area contributed by atoms with Gasteiger partial charge in [-0.3, -0.25) is 0 Å². The second-order valence-electron chi connectivity index (χ2n) is 6.21. The van der Waals surface area contributed by atoms with Gasteiger partial charge in [0.1, 0.15) is 5.75 Å². The van der Waals surface area contributed by atoms with Gasteiger partial charge >= 0.3 is 0 Å². The van der Waals surface area contributed by atoms with E-state index in [9.17, 15) is 0 Å². The molecule has 3 heteroatoms. The van der Waals surface area contributed by atoms with Crippen molar-refractivity contribution in [2.24, 2.45) is 0 Å². The highest BCUT2D eigenvalue weighted by atomic mass is 28.4. The fourth-order valence-corrected chi connectivity index (χ4v) is 2.49. The molecule has 0 heterocycles. The van der Waals surface area contributed by atoms with Gasteiger partial charge < -0.3 is 4.43 Å². The predicted molar refractivity (Wildman–Crippen MR) is 82.7 cm³/mol. The number of nitrogens with zero attached hydrogens (tertiary/aromatic N) is 1. The van der Waals surface area contributed by atoms with E-state index in [1.165, 1.54) is 6.08 Å². The van der Waals surface area contributed by atoms with Crippen LogP contribution in [-0.2, 0) is 6.42 Å². The Labute approximate surface area is 117 Å². The zero-order valence-electron chi connectivity index (χ0n) is 12.5. The molecular weight excluding hydrogens is 250 g/mol.